The number of amides is 1. The molecule has 1 amide bonds. The molecular weight excluding hydrogens is 414 g/mol. The van der Waals surface area contributed by atoms with Crippen LogP contribution < -0.4 is 10.1 Å². The number of nitrogens with zero attached hydrogens (tertiary/aromatic N) is 2. The highest BCUT2D eigenvalue weighted by molar-refractivity contribution is 7.89. The van der Waals surface area contributed by atoms with Crippen molar-refractivity contribution in [3.63, 3.8) is 0 Å². The zero-order valence-corrected chi connectivity index (χ0v) is 17.7. The summed E-state index contributed by atoms with van der Waals surface area (Å²) in [5.41, 5.74) is 0. The minimum Gasteiger partial charge on any atom is -0.484 e. The van der Waals surface area contributed by atoms with Gasteiger partial charge in [-0.3, -0.25) is 9.69 Å². The third-order valence-corrected chi connectivity index (χ3v) is 6.92. The standard InChI is InChI=1S/C20H24ClN3O4S/c1-16(22-20(25)15-28-18-9-7-17(21)8-10-18)23-11-13-24(14-12-23)29(26,27)19-5-3-2-4-6-19/h2-10,16H,11-15H2,1H3,(H,22,25). The number of carbonyl (C=O) groups is 1. The lowest BCUT2D eigenvalue weighted by Crippen LogP contribution is -2.56. The first-order valence-electron chi connectivity index (χ1n) is 9.33. The summed E-state index contributed by atoms with van der Waals surface area (Å²) in [4.78, 5) is 14.5. The summed E-state index contributed by atoms with van der Waals surface area (Å²) < 4.78 is 32.3. The normalized spacial score (nSPS) is 16.9. The van der Waals surface area contributed by atoms with Crippen molar-refractivity contribution in [3.8, 4) is 5.75 Å². The van der Waals surface area contributed by atoms with Crippen LogP contribution in [0.3, 0.4) is 0 Å². The molecule has 0 spiro atoms. The first-order chi connectivity index (χ1) is 13.9. The quantitative estimate of drug-likeness (QED) is 0.718. The fourth-order valence-corrected chi connectivity index (χ4v) is 4.69. The van der Waals surface area contributed by atoms with Crippen molar-refractivity contribution in [2.45, 2.75) is 18.0 Å². The average molecular weight is 438 g/mol. The van der Waals surface area contributed by atoms with E-state index in [2.05, 4.69) is 5.32 Å². The molecule has 1 saturated heterocycles. The molecule has 2 aromatic carbocycles. The predicted molar refractivity (Wildman–Crippen MR) is 111 cm³/mol. The summed E-state index contributed by atoms with van der Waals surface area (Å²) in [6.45, 7) is 3.59. The zero-order valence-electron chi connectivity index (χ0n) is 16.1. The SMILES string of the molecule is CC(NC(=O)COc1ccc(Cl)cc1)N1CCN(S(=O)(=O)c2ccccc2)CC1. The number of halogens is 1. The minimum atomic E-state index is -3.49. The highest BCUT2D eigenvalue weighted by Crippen LogP contribution is 2.18. The number of sulfonamides is 1. The number of ether oxygens (including phenoxy) is 1. The summed E-state index contributed by atoms with van der Waals surface area (Å²) in [7, 11) is -3.49. The molecule has 9 heteroatoms. The van der Waals surface area contributed by atoms with Gasteiger partial charge in [0.15, 0.2) is 6.61 Å². The Hall–Kier alpha value is -2.13. The molecule has 2 aromatic rings. The maximum Gasteiger partial charge on any atom is 0.259 e. The summed E-state index contributed by atoms with van der Waals surface area (Å²) in [5.74, 6) is 0.323. The Balaban J connectivity index is 1.46. The van der Waals surface area contributed by atoms with Crippen LogP contribution in [0.25, 0.3) is 0 Å². The second-order valence-corrected chi connectivity index (χ2v) is 9.11. The molecule has 0 radical (unpaired) electrons. The van der Waals surface area contributed by atoms with Crippen molar-refractivity contribution in [1.29, 1.82) is 0 Å². The summed E-state index contributed by atoms with van der Waals surface area (Å²) in [6, 6.07) is 15.2. The van der Waals surface area contributed by atoms with E-state index in [4.69, 9.17) is 16.3 Å². The van der Waals surface area contributed by atoms with Crippen LogP contribution >= 0.6 is 11.6 Å². The van der Waals surface area contributed by atoms with Gasteiger partial charge in [-0.25, -0.2) is 8.42 Å². The second-order valence-electron chi connectivity index (χ2n) is 6.74. The van der Waals surface area contributed by atoms with E-state index in [9.17, 15) is 13.2 Å². The van der Waals surface area contributed by atoms with Gasteiger partial charge >= 0.3 is 0 Å². The lowest BCUT2D eigenvalue weighted by Gasteiger charge is -2.37. The molecule has 1 aliphatic rings. The molecule has 0 saturated carbocycles. The molecule has 1 fully saturated rings. The van der Waals surface area contributed by atoms with E-state index >= 15 is 0 Å². The fraction of sp³-hybridized carbons (Fsp3) is 0.350. The largest absolute Gasteiger partial charge is 0.484 e. The van der Waals surface area contributed by atoms with Crippen molar-refractivity contribution in [3.05, 3.63) is 59.6 Å². The Labute approximate surface area is 176 Å². The molecular formula is C20H24ClN3O4S. The van der Waals surface area contributed by atoms with Gasteiger partial charge in [-0.15, -0.1) is 0 Å². The van der Waals surface area contributed by atoms with Gasteiger partial charge in [0.2, 0.25) is 10.0 Å². The van der Waals surface area contributed by atoms with E-state index in [0.29, 0.717) is 41.8 Å². The number of hydrogen-bond acceptors (Lipinski definition) is 5. The Bertz CT molecular complexity index is 915. The minimum absolute atomic E-state index is 0.103. The molecule has 29 heavy (non-hydrogen) atoms. The number of benzene rings is 2. The van der Waals surface area contributed by atoms with E-state index in [1.54, 1.807) is 54.6 Å². The number of carbonyl (C=O) groups excluding carboxylic acids is 1. The van der Waals surface area contributed by atoms with Crippen LogP contribution in [-0.4, -0.2) is 62.5 Å². The second kappa shape index (κ2) is 9.58. The first-order valence-corrected chi connectivity index (χ1v) is 11.1. The third-order valence-electron chi connectivity index (χ3n) is 4.76. The first kappa shape index (κ1) is 21.6. The summed E-state index contributed by atoms with van der Waals surface area (Å²) in [6.07, 6.45) is -0.224. The van der Waals surface area contributed by atoms with Gasteiger partial charge in [-0.2, -0.15) is 4.31 Å². The highest BCUT2D eigenvalue weighted by Gasteiger charge is 2.30. The maximum absolute atomic E-state index is 12.7. The molecule has 0 aromatic heterocycles. The lowest BCUT2D eigenvalue weighted by atomic mass is 10.3. The van der Waals surface area contributed by atoms with Crippen LogP contribution in [-0.2, 0) is 14.8 Å². The van der Waals surface area contributed by atoms with Crippen molar-refractivity contribution < 1.29 is 17.9 Å². The number of rotatable bonds is 7. The van der Waals surface area contributed by atoms with Crippen LogP contribution in [0.1, 0.15) is 6.92 Å². The van der Waals surface area contributed by atoms with E-state index in [1.807, 2.05) is 11.8 Å². The molecule has 1 atom stereocenters. The van der Waals surface area contributed by atoms with Gasteiger partial charge in [-0.1, -0.05) is 29.8 Å². The van der Waals surface area contributed by atoms with Crippen molar-refractivity contribution in [1.82, 2.24) is 14.5 Å². The van der Waals surface area contributed by atoms with Gasteiger partial charge in [-0.05, 0) is 43.3 Å². The Morgan fingerprint density at radius 3 is 2.31 bits per heavy atom. The van der Waals surface area contributed by atoms with Crippen molar-refractivity contribution in [2.75, 3.05) is 32.8 Å². The van der Waals surface area contributed by atoms with Crippen LogP contribution in [0, 0.1) is 0 Å². The molecule has 7 nitrogen and oxygen atoms in total. The van der Waals surface area contributed by atoms with Gasteiger partial charge in [0.05, 0.1) is 11.1 Å². The molecule has 1 N–H and O–H groups in total. The van der Waals surface area contributed by atoms with Gasteiger partial charge < -0.3 is 10.1 Å². The van der Waals surface area contributed by atoms with Crippen molar-refractivity contribution >= 4 is 27.5 Å². The molecule has 156 valence electrons. The number of piperazine rings is 1. The van der Waals surface area contributed by atoms with Gasteiger partial charge in [0.25, 0.3) is 5.91 Å². The van der Waals surface area contributed by atoms with E-state index in [1.165, 1.54) is 4.31 Å². The Morgan fingerprint density at radius 2 is 1.69 bits per heavy atom. The van der Waals surface area contributed by atoms with E-state index in [-0.39, 0.29) is 18.7 Å². The third kappa shape index (κ3) is 5.70. The van der Waals surface area contributed by atoms with Crippen LogP contribution in [0.5, 0.6) is 5.75 Å². The topological polar surface area (TPSA) is 79.0 Å². The monoisotopic (exact) mass is 437 g/mol. The van der Waals surface area contributed by atoms with Crippen LogP contribution in [0.15, 0.2) is 59.5 Å². The zero-order chi connectivity index (χ0) is 20.9. The predicted octanol–water partition coefficient (Wildman–Crippen LogP) is 2.19. The molecule has 0 bridgehead atoms. The van der Waals surface area contributed by atoms with Gasteiger partial charge in [0, 0.05) is 31.2 Å². The molecule has 1 aliphatic heterocycles. The average Bonchev–Trinajstić information content (AvgIpc) is 2.74. The van der Waals surface area contributed by atoms with Crippen LogP contribution in [0.4, 0.5) is 0 Å². The Morgan fingerprint density at radius 1 is 1.07 bits per heavy atom. The number of hydrogen-bond donors (Lipinski definition) is 1. The number of nitrogens with one attached hydrogen (secondary N) is 1. The Kier molecular flexibility index (Phi) is 7.13. The summed E-state index contributed by atoms with van der Waals surface area (Å²) >= 11 is 5.82. The lowest BCUT2D eigenvalue weighted by molar-refractivity contribution is -0.125. The van der Waals surface area contributed by atoms with Gasteiger partial charge in [0.1, 0.15) is 5.75 Å². The molecule has 1 unspecified atom stereocenters. The molecule has 3 rings (SSSR count). The van der Waals surface area contributed by atoms with Crippen LogP contribution in [0.2, 0.25) is 5.02 Å². The van der Waals surface area contributed by atoms with E-state index in [0.717, 1.165) is 0 Å². The molecule has 0 aliphatic carbocycles. The van der Waals surface area contributed by atoms with E-state index < -0.39 is 10.0 Å². The fourth-order valence-electron chi connectivity index (χ4n) is 3.12. The maximum atomic E-state index is 12.7. The highest BCUT2D eigenvalue weighted by atomic mass is 35.5. The molecule has 1 heterocycles. The smallest absolute Gasteiger partial charge is 0.259 e. The van der Waals surface area contributed by atoms with Crippen molar-refractivity contribution in [2.24, 2.45) is 0 Å². The summed E-state index contributed by atoms with van der Waals surface area (Å²) in [5, 5.41) is 3.49.